The Labute approximate surface area is 112 Å². The number of fused-ring (bicyclic) bond motifs is 1. The van der Waals surface area contributed by atoms with Crippen molar-refractivity contribution in [2.45, 2.75) is 6.18 Å². The number of benzene rings is 1. The van der Waals surface area contributed by atoms with Crippen molar-refractivity contribution in [1.29, 1.82) is 0 Å². The third-order valence-corrected chi connectivity index (χ3v) is 3.13. The van der Waals surface area contributed by atoms with Gasteiger partial charge in [-0.15, -0.1) is 0 Å². The largest absolute Gasteiger partial charge is 0.416 e. The molecule has 3 nitrogen and oxygen atoms in total. The van der Waals surface area contributed by atoms with Crippen LogP contribution in [0.2, 0.25) is 0 Å². The summed E-state index contributed by atoms with van der Waals surface area (Å²) in [6.45, 7) is 0. The molecule has 1 aromatic carbocycles. The van der Waals surface area contributed by atoms with Crippen LogP contribution in [-0.4, -0.2) is 14.5 Å². The molecule has 0 spiro atoms. The molecule has 0 bridgehead atoms. The Morgan fingerprint density at radius 3 is 2.60 bits per heavy atom. The van der Waals surface area contributed by atoms with Gasteiger partial charge >= 0.3 is 6.18 Å². The molecule has 0 radical (unpaired) electrons. The monoisotopic (exact) mass is 277 g/mol. The Balaban J connectivity index is 2.20. The van der Waals surface area contributed by atoms with E-state index in [1.54, 1.807) is 30.1 Å². The summed E-state index contributed by atoms with van der Waals surface area (Å²) in [6, 6.07) is 7.14. The summed E-state index contributed by atoms with van der Waals surface area (Å²) in [6.07, 6.45) is -1.10. The zero-order valence-corrected chi connectivity index (χ0v) is 10.5. The van der Waals surface area contributed by atoms with Gasteiger partial charge in [-0.3, -0.25) is 4.98 Å². The van der Waals surface area contributed by atoms with Crippen LogP contribution in [0.3, 0.4) is 0 Å². The number of nitrogens with zero attached hydrogens (tertiary/aromatic N) is 3. The second-order valence-corrected chi connectivity index (χ2v) is 4.44. The SMILES string of the molecule is Cn1c(-c2cccnc2)nc2cc(C(F)(F)F)ccc21. The first-order valence-corrected chi connectivity index (χ1v) is 5.91. The summed E-state index contributed by atoms with van der Waals surface area (Å²) in [5.41, 5.74) is 1.04. The van der Waals surface area contributed by atoms with Gasteiger partial charge in [0.2, 0.25) is 0 Å². The Kier molecular flexibility index (Phi) is 2.74. The second-order valence-electron chi connectivity index (χ2n) is 4.44. The Bertz CT molecular complexity index is 760. The van der Waals surface area contributed by atoms with E-state index in [1.807, 2.05) is 6.07 Å². The van der Waals surface area contributed by atoms with E-state index in [1.165, 1.54) is 6.07 Å². The third kappa shape index (κ3) is 2.03. The Morgan fingerprint density at radius 1 is 1.15 bits per heavy atom. The van der Waals surface area contributed by atoms with Crippen LogP contribution in [0.5, 0.6) is 0 Å². The van der Waals surface area contributed by atoms with Gasteiger partial charge in [0.25, 0.3) is 0 Å². The highest BCUT2D eigenvalue weighted by Gasteiger charge is 2.31. The molecule has 102 valence electrons. The van der Waals surface area contributed by atoms with Crippen molar-refractivity contribution in [2.75, 3.05) is 0 Å². The lowest BCUT2D eigenvalue weighted by atomic mass is 10.2. The fraction of sp³-hybridized carbons (Fsp3) is 0.143. The maximum absolute atomic E-state index is 12.7. The number of aryl methyl sites for hydroxylation is 1. The zero-order valence-electron chi connectivity index (χ0n) is 10.5. The fourth-order valence-electron chi connectivity index (χ4n) is 2.13. The maximum atomic E-state index is 12.7. The summed E-state index contributed by atoms with van der Waals surface area (Å²) in [5, 5.41) is 0. The highest BCUT2D eigenvalue weighted by Crippen LogP contribution is 2.32. The minimum Gasteiger partial charge on any atom is -0.327 e. The summed E-state index contributed by atoms with van der Waals surface area (Å²) in [7, 11) is 1.77. The lowest BCUT2D eigenvalue weighted by Crippen LogP contribution is -2.04. The van der Waals surface area contributed by atoms with E-state index in [2.05, 4.69) is 9.97 Å². The molecule has 0 unspecified atom stereocenters. The van der Waals surface area contributed by atoms with Crippen LogP contribution < -0.4 is 0 Å². The van der Waals surface area contributed by atoms with Crippen molar-refractivity contribution in [3.8, 4) is 11.4 Å². The van der Waals surface area contributed by atoms with Crippen molar-refractivity contribution in [1.82, 2.24) is 14.5 Å². The van der Waals surface area contributed by atoms with Crippen LogP contribution in [0.15, 0.2) is 42.7 Å². The summed E-state index contributed by atoms with van der Waals surface area (Å²) in [4.78, 5) is 8.28. The van der Waals surface area contributed by atoms with Crippen LogP contribution in [0.1, 0.15) is 5.56 Å². The number of aromatic nitrogens is 3. The normalized spacial score (nSPS) is 12.0. The van der Waals surface area contributed by atoms with Crippen molar-refractivity contribution in [2.24, 2.45) is 7.05 Å². The first-order chi connectivity index (χ1) is 9.47. The summed E-state index contributed by atoms with van der Waals surface area (Å²) >= 11 is 0. The molecular formula is C14H10F3N3. The van der Waals surface area contributed by atoms with Crippen molar-refractivity contribution in [3.63, 3.8) is 0 Å². The van der Waals surface area contributed by atoms with E-state index in [-0.39, 0.29) is 0 Å². The topological polar surface area (TPSA) is 30.7 Å². The Hall–Kier alpha value is -2.37. The molecule has 0 atom stereocenters. The van der Waals surface area contributed by atoms with Crippen LogP contribution in [0.25, 0.3) is 22.4 Å². The number of pyridine rings is 1. The van der Waals surface area contributed by atoms with Gasteiger partial charge in [-0.2, -0.15) is 13.2 Å². The number of rotatable bonds is 1. The van der Waals surface area contributed by atoms with Crippen LogP contribution in [-0.2, 0) is 13.2 Å². The molecular weight excluding hydrogens is 267 g/mol. The molecule has 6 heteroatoms. The number of alkyl halides is 3. The second kappa shape index (κ2) is 4.33. The summed E-state index contributed by atoms with van der Waals surface area (Å²) in [5.74, 6) is 0.590. The average Bonchev–Trinajstić information content (AvgIpc) is 2.76. The Morgan fingerprint density at radius 2 is 1.95 bits per heavy atom. The number of imidazole rings is 1. The van der Waals surface area contributed by atoms with E-state index < -0.39 is 11.7 Å². The lowest BCUT2D eigenvalue weighted by Gasteiger charge is -2.05. The minimum atomic E-state index is -4.36. The molecule has 0 aliphatic heterocycles. The highest BCUT2D eigenvalue weighted by molar-refractivity contribution is 5.81. The predicted octanol–water partition coefficient (Wildman–Crippen LogP) is 3.65. The van der Waals surface area contributed by atoms with Gasteiger partial charge < -0.3 is 4.57 Å². The van der Waals surface area contributed by atoms with E-state index in [4.69, 9.17) is 0 Å². The average molecular weight is 277 g/mol. The molecule has 0 fully saturated rings. The lowest BCUT2D eigenvalue weighted by molar-refractivity contribution is -0.137. The van der Waals surface area contributed by atoms with E-state index >= 15 is 0 Å². The van der Waals surface area contributed by atoms with Gasteiger partial charge in [0.1, 0.15) is 5.82 Å². The molecule has 0 N–H and O–H groups in total. The quantitative estimate of drug-likeness (QED) is 0.679. The predicted molar refractivity (Wildman–Crippen MR) is 68.9 cm³/mol. The molecule has 3 aromatic rings. The van der Waals surface area contributed by atoms with Crippen molar-refractivity contribution in [3.05, 3.63) is 48.3 Å². The number of hydrogen-bond donors (Lipinski definition) is 0. The van der Waals surface area contributed by atoms with Crippen molar-refractivity contribution < 1.29 is 13.2 Å². The molecule has 2 heterocycles. The van der Waals surface area contributed by atoms with Gasteiger partial charge in [-0.1, -0.05) is 0 Å². The van der Waals surface area contributed by atoms with Crippen LogP contribution >= 0.6 is 0 Å². The molecule has 0 amide bonds. The number of hydrogen-bond acceptors (Lipinski definition) is 2. The molecule has 0 aliphatic rings. The van der Waals surface area contributed by atoms with E-state index in [9.17, 15) is 13.2 Å². The van der Waals surface area contributed by atoms with Gasteiger partial charge in [-0.25, -0.2) is 4.98 Å². The van der Waals surface area contributed by atoms with E-state index in [0.717, 1.165) is 17.7 Å². The first kappa shape index (κ1) is 12.7. The van der Waals surface area contributed by atoms with Gasteiger partial charge in [0.05, 0.1) is 16.6 Å². The molecule has 20 heavy (non-hydrogen) atoms. The fourth-order valence-corrected chi connectivity index (χ4v) is 2.13. The zero-order chi connectivity index (χ0) is 14.3. The van der Waals surface area contributed by atoms with Crippen LogP contribution in [0.4, 0.5) is 13.2 Å². The van der Waals surface area contributed by atoms with E-state index in [0.29, 0.717) is 16.9 Å². The summed E-state index contributed by atoms with van der Waals surface area (Å²) < 4.78 is 39.9. The smallest absolute Gasteiger partial charge is 0.327 e. The first-order valence-electron chi connectivity index (χ1n) is 5.91. The number of halogens is 3. The standard InChI is InChI=1S/C14H10F3N3/c1-20-12-5-4-10(14(15,16)17)7-11(12)19-13(20)9-3-2-6-18-8-9/h2-8H,1H3. The van der Waals surface area contributed by atoms with Crippen molar-refractivity contribution >= 4 is 11.0 Å². The molecule has 3 rings (SSSR count). The van der Waals surface area contributed by atoms with Crippen LogP contribution in [0, 0.1) is 0 Å². The molecule has 0 aliphatic carbocycles. The van der Waals surface area contributed by atoms with Gasteiger partial charge in [0.15, 0.2) is 0 Å². The maximum Gasteiger partial charge on any atom is 0.416 e. The molecule has 0 saturated heterocycles. The highest BCUT2D eigenvalue weighted by atomic mass is 19.4. The minimum absolute atomic E-state index is 0.321. The third-order valence-electron chi connectivity index (χ3n) is 3.13. The van der Waals surface area contributed by atoms with Gasteiger partial charge in [0, 0.05) is 25.0 Å². The molecule has 0 saturated carbocycles. The van der Waals surface area contributed by atoms with Gasteiger partial charge in [-0.05, 0) is 30.3 Å². The molecule has 2 aromatic heterocycles.